The maximum absolute atomic E-state index is 12.6. The van der Waals surface area contributed by atoms with Crippen LogP contribution in [0.2, 0.25) is 0 Å². The summed E-state index contributed by atoms with van der Waals surface area (Å²) in [4.78, 5) is 3.92. The lowest BCUT2D eigenvalue weighted by atomic mass is 10.4. The van der Waals surface area contributed by atoms with Crippen LogP contribution in [0, 0.1) is 11.5 Å². The standard InChI is InChI=1S/C8H6F3N3S2/c9-6(7(10)11)1-4-16(14-5-12)8-13-2-3-15-8/h2-3H,1,4H2. The minimum absolute atomic E-state index is 0.0320. The number of nitrogens with zero attached hydrogens (tertiary/aromatic N) is 3. The molecule has 0 spiro atoms. The molecular formula is C8H6F3N3S2. The van der Waals surface area contributed by atoms with E-state index in [4.69, 9.17) is 5.26 Å². The molecule has 1 aromatic rings. The third-order valence-corrected chi connectivity index (χ3v) is 4.31. The van der Waals surface area contributed by atoms with Gasteiger partial charge in [0, 0.05) is 23.8 Å². The van der Waals surface area contributed by atoms with Crippen LogP contribution < -0.4 is 0 Å². The van der Waals surface area contributed by atoms with Crippen molar-refractivity contribution in [1.82, 2.24) is 4.98 Å². The lowest BCUT2D eigenvalue weighted by Gasteiger charge is -2.00. The number of aromatic nitrogens is 1. The van der Waals surface area contributed by atoms with Gasteiger partial charge >= 0.3 is 6.08 Å². The minimum Gasteiger partial charge on any atom is -0.237 e. The van der Waals surface area contributed by atoms with Crippen molar-refractivity contribution in [1.29, 1.82) is 5.26 Å². The summed E-state index contributed by atoms with van der Waals surface area (Å²) in [7, 11) is -0.930. The summed E-state index contributed by atoms with van der Waals surface area (Å²) in [6.07, 6.45) is 0.356. The number of hydrogen-bond donors (Lipinski definition) is 0. The molecule has 0 aliphatic rings. The Hall–Kier alpha value is -1.20. The Balaban J connectivity index is 2.73. The number of allylic oxidation sites excluding steroid dienone is 1. The smallest absolute Gasteiger partial charge is 0.237 e. The van der Waals surface area contributed by atoms with Crippen molar-refractivity contribution in [2.45, 2.75) is 10.8 Å². The molecule has 0 saturated heterocycles. The quantitative estimate of drug-likeness (QED) is 0.784. The van der Waals surface area contributed by atoms with Crippen molar-refractivity contribution in [3.8, 4) is 6.19 Å². The van der Waals surface area contributed by atoms with Crippen LogP contribution in [0.15, 0.2) is 32.2 Å². The van der Waals surface area contributed by atoms with Crippen LogP contribution in [0.25, 0.3) is 0 Å². The lowest BCUT2D eigenvalue weighted by Crippen LogP contribution is -1.98. The Kier molecular flexibility index (Phi) is 5.14. The molecule has 0 radical (unpaired) electrons. The van der Waals surface area contributed by atoms with Crippen LogP contribution in [0.5, 0.6) is 0 Å². The van der Waals surface area contributed by atoms with E-state index in [9.17, 15) is 13.2 Å². The molecule has 86 valence electrons. The molecule has 1 aromatic heterocycles. The van der Waals surface area contributed by atoms with Crippen molar-refractivity contribution in [2.24, 2.45) is 4.36 Å². The fourth-order valence-corrected chi connectivity index (χ4v) is 3.16. The fourth-order valence-electron chi connectivity index (χ4n) is 0.829. The monoisotopic (exact) mass is 265 g/mol. The van der Waals surface area contributed by atoms with E-state index in [1.54, 1.807) is 11.6 Å². The summed E-state index contributed by atoms with van der Waals surface area (Å²) in [6, 6.07) is 0. The Morgan fingerprint density at radius 3 is 2.81 bits per heavy atom. The predicted molar refractivity (Wildman–Crippen MR) is 55.6 cm³/mol. The van der Waals surface area contributed by atoms with Crippen LogP contribution in [0.3, 0.4) is 0 Å². The summed E-state index contributed by atoms with van der Waals surface area (Å²) < 4.78 is 40.3. The van der Waals surface area contributed by atoms with E-state index in [-0.39, 0.29) is 5.75 Å². The van der Waals surface area contributed by atoms with Crippen LogP contribution in [0.1, 0.15) is 6.42 Å². The highest BCUT2D eigenvalue weighted by Gasteiger charge is 2.10. The second kappa shape index (κ2) is 6.40. The Morgan fingerprint density at radius 1 is 1.56 bits per heavy atom. The lowest BCUT2D eigenvalue weighted by molar-refractivity contribution is 0.373. The topological polar surface area (TPSA) is 49.0 Å². The molecule has 0 fully saturated rings. The largest absolute Gasteiger partial charge is 0.301 e. The van der Waals surface area contributed by atoms with Gasteiger partial charge in [0.15, 0.2) is 10.2 Å². The number of hydrogen-bond acceptors (Lipinski definition) is 4. The van der Waals surface area contributed by atoms with E-state index >= 15 is 0 Å². The summed E-state index contributed by atoms with van der Waals surface area (Å²) in [6.45, 7) is 0. The zero-order valence-electron chi connectivity index (χ0n) is 7.86. The second-order valence-corrected chi connectivity index (χ2v) is 5.33. The molecule has 16 heavy (non-hydrogen) atoms. The Morgan fingerprint density at radius 2 is 2.31 bits per heavy atom. The van der Waals surface area contributed by atoms with E-state index in [0.717, 1.165) is 0 Å². The molecule has 1 heterocycles. The molecular weight excluding hydrogens is 259 g/mol. The van der Waals surface area contributed by atoms with Gasteiger partial charge in [-0.3, -0.25) is 0 Å². The average Bonchev–Trinajstić information content (AvgIpc) is 2.76. The highest BCUT2D eigenvalue weighted by atomic mass is 32.2. The summed E-state index contributed by atoms with van der Waals surface area (Å²) in [5, 5.41) is 10.1. The van der Waals surface area contributed by atoms with Gasteiger partial charge < -0.3 is 0 Å². The third kappa shape index (κ3) is 3.75. The maximum Gasteiger partial charge on any atom is 0.301 e. The Labute approximate surface area is 96.3 Å². The molecule has 0 aliphatic heterocycles. The number of halogens is 3. The van der Waals surface area contributed by atoms with Gasteiger partial charge in [0.05, 0.1) is 0 Å². The van der Waals surface area contributed by atoms with Gasteiger partial charge in [0.25, 0.3) is 0 Å². The summed E-state index contributed by atoms with van der Waals surface area (Å²) >= 11 is 1.26. The molecule has 1 atom stereocenters. The van der Waals surface area contributed by atoms with E-state index in [2.05, 4.69) is 9.35 Å². The van der Waals surface area contributed by atoms with Crippen molar-refractivity contribution < 1.29 is 13.2 Å². The second-order valence-electron chi connectivity index (χ2n) is 2.47. The summed E-state index contributed by atoms with van der Waals surface area (Å²) in [5.41, 5.74) is 0. The molecule has 0 aliphatic carbocycles. The van der Waals surface area contributed by atoms with Crippen molar-refractivity contribution in [2.75, 3.05) is 5.75 Å². The molecule has 3 nitrogen and oxygen atoms in total. The first-order valence-corrected chi connectivity index (χ1v) is 6.28. The van der Waals surface area contributed by atoms with Gasteiger partial charge in [0.2, 0.25) is 6.19 Å². The van der Waals surface area contributed by atoms with Gasteiger partial charge in [0.1, 0.15) is 0 Å². The zero-order valence-corrected chi connectivity index (χ0v) is 9.49. The van der Waals surface area contributed by atoms with Gasteiger partial charge in [-0.2, -0.15) is 14.0 Å². The predicted octanol–water partition coefficient (Wildman–Crippen LogP) is 3.25. The summed E-state index contributed by atoms with van der Waals surface area (Å²) in [5.74, 6) is -1.42. The SMILES string of the molecule is N#C/N=S(/CCC(F)=C(F)F)c1nccs1. The van der Waals surface area contributed by atoms with E-state index in [1.165, 1.54) is 17.5 Å². The molecule has 0 aromatic carbocycles. The average molecular weight is 265 g/mol. The first kappa shape index (κ1) is 12.9. The zero-order chi connectivity index (χ0) is 12.0. The molecule has 8 heteroatoms. The Bertz CT molecular complexity index is 444. The van der Waals surface area contributed by atoms with E-state index in [0.29, 0.717) is 4.34 Å². The minimum atomic E-state index is -2.32. The highest BCUT2D eigenvalue weighted by Crippen LogP contribution is 2.18. The fraction of sp³-hybridized carbons (Fsp3) is 0.250. The first-order valence-electron chi connectivity index (χ1n) is 4.05. The molecule has 0 bridgehead atoms. The van der Waals surface area contributed by atoms with Crippen LogP contribution in [-0.2, 0) is 10.7 Å². The van der Waals surface area contributed by atoms with Crippen LogP contribution in [-0.4, -0.2) is 10.7 Å². The van der Waals surface area contributed by atoms with Gasteiger partial charge in [-0.25, -0.2) is 9.37 Å². The molecule has 1 unspecified atom stereocenters. The molecule has 1 rings (SSSR count). The first-order chi connectivity index (χ1) is 7.65. The van der Waals surface area contributed by atoms with Gasteiger partial charge in [-0.15, -0.1) is 15.7 Å². The van der Waals surface area contributed by atoms with Gasteiger partial charge in [-0.1, -0.05) is 0 Å². The van der Waals surface area contributed by atoms with E-state index in [1.807, 2.05) is 0 Å². The maximum atomic E-state index is 12.6. The number of rotatable bonds is 4. The van der Waals surface area contributed by atoms with E-state index < -0.39 is 29.0 Å². The molecule has 0 N–H and O–H groups in total. The molecule has 0 amide bonds. The number of thiazole rings is 1. The van der Waals surface area contributed by atoms with Crippen molar-refractivity contribution in [3.05, 3.63) is 23.5 Å². The van der Waals surface area contributed by atoms with Crippen molar-refractivity contribution >= 4 is 22.0 Å². The normalized spacial score (nSPS) is 12.1. The molecule has 0 saturated carbocycles. The van der Waals surface area contributed by atoms with Gasteiger partial charge in [-0.05, 0) is 10.7 Å². The third-order valence-electron chi connectivity index (χ3n) is 1.48. The van der Waals surface area contributed by atoms with Crippen LogP contribution in [0.4, 0.5) is 13.2 Å². The van der Waals surface area contributed by atoms with Crippen LogP contribution >= 0.6 is 11.3 Å². The highest BCUT2D eigenvalue weighted by molar-refractivity contribution is 7.89. The number of nitriles is 1. The van der Waals surface area contributed by atoms with Crippen molar-refractivity contribution in [3.63, 3.8) is 0 Å².